The fraction of sp³-hybridized carbons (Fsp3) is 0.407. The average Bonchev–Trinajstić information content (AvgIpc) is 3.13. The third-order valence-corrected chi connectivity index (χ3v) is 6.61. The van der Waals surface area contributed by atoms with Crippen molar-refractivity contribution in [2.45, 2.75) is 33.2 Å². The first-order valence-electron chi connectivity index (χ1n) is 12.0. The summed E-state index contributed by atoms with van der Waals surface area (Å²) < 4.78 is 11.2. The summed E-state index contributed by atoms with van der Waals surface area (Å²) in [6.07, 6.45) is 0.889. The second kappa shape index (κ2) is 10.3. The number of nitrogens with zero attached hydrogens (tertiary/aromatic N) is 2. The van der Waals surface area contributed by atoms with Gasteiger partial charge in [-0.25, -0.2) is 0 Å². The number of fused-ring (bicyclic) bond motifs is 1. The number of ketones is 1. The molecule has 0 bridgehead atoms. The van der Waals surface area contributed by atoms with Crippen LogP contribution in [-0.2, 0) is 16.0 Å². The van der Waals surface area contributed by atoms with E-state index in [0.717, 1.165) is 30.6 Å². The van der Waals surface area contributed by atoms with E-state index in [2.05, 4.69) is 25.7 Å². The van der Waals surface area contributed by atoms with Crippen LogP contribution in [0.2, 0.25) is 0 Å². The van der Waals surface area contributed by atoms with Gasteiger partial charge in [0.25, 0.3) is 11.7 Å². The van der Waals surface area contributed by atoms with Gasteiger partial charge >= 0.3 is 0 Å². The Morgan fingerprint density at radius 3 is 2.32 bits per heavy atom. The largest absolute Gasteiger partial charge is 0.507 e. The molecule has 0 aliphatic carbocycles. The summed E-state index contributed by atoms with van der Waals surface area (Å²) in [5, 5.41) is 11.3. The number of amides is 1. The Balaban J connectivity index is 1.78. The number of carbonyl (C=O) groups is 2. The van der Waals surface area contributed by atoms with E-state index < -0.39 is 17.7 Å². The summed E-state index contributed by atoms with van der Waals surface area (Å²) in [6, 6.07) is 12.3. The molecular formula is C27H32N2O5. The number of likely N-dealkylation sites (tertiary alicyclic amines) is 1. The van der Waals surface area contributed by atoms with Gasteiger partial charge in [0.05, 0.1) is 11.6 Å². The van der Waals surface area contributed by atoms with Crippen LogP contribution >= 0.6 is 0 Å². The van der Waals surface area contributed by atoms with Gasteiger partial charge < -0.3 is 24.4 Å². The quantitative estimate of drug-likeness (QED) is 0.364. The second-order valence-electron chi connectivity index (χ2n) is 8.47. The molecule has 180 valence electrons. The molecule has 34 heavy (non-hydrogen) atoms. The minimum Gasteiger partial charge on any atom is -0.507 e. The van der Waals surface area contributed by atoms with Crippen LogP contribution in [0.4, 0.5) is 0 Å². The number of likely N-dealkylation sites (N-methyl/N-ethyl adjacent to an activating group) is 1. The number of aliphatic hydroxyl groups is 1. The molecule has 1 unspecified atom stereocenters. The molecule has 0 radical (unpaired) electrons. The third-order valence-electron chi connectivity index (χ3n) is 6.61. The molecule has 1 saturated heterocycles. The molecule has 4 rings (SSSR count). The molecule has 2 aliphatic rings. The molecular weight excluding hydrogens is 432 g/mol. The van der Waals surface area contributed by atoms with Crippen LogP contribution in [0.5, 0.6) is 11.5 Å². The standard InChI is InChI=1S/C27H32N2O5/c1-4-18-7-9-19(10-8-18)24-23(26(31)27(32)29(24)14-13-28(5-2)6-3)25(30)20-11-12-21-22(17-20)34-16-15-33-21/h7-12,17,24,30H,4-6,13-16H2,1-3H3. The first-order valence-corrected chi connectivity index (χ1v) is 12.0. The van der Waals surface area contributed by atoms with E-state index >= 15 is 0 Å². The van der Waals surface area contributed by atoms with Crippen molar-refractivity contribution >= 4 is 17.4 Å². The molecule has 7 heteroatoms. The maximum atomic E-state index is 13.2. The molecule has 1 N–H and O–H groups in total. The maximum absolute atomic E-state index is 13.2. The van der Waals surface area contributed by atoms with Gasteiger partial charge in [-0.1, -0.05) is 45.0 Å². The molecule has 2 aromatic rings. The zero-order valence-corrected chi connectivity index (χ0v) is 20.0. The van der Waals surface area contributed by atoms with Gasteiger partial charge in [-0.15, -0.1) is 0 Å². The van der Waals surface area contributed by atoms with Crippen LogP contribution in [0.3, 0.4) is 0 Å². The van der Waals surface area contributed by atoms with E-state index in [1.807, 2.05) is 24.3 Å². The van der Waals surface area contributed by atoms with Crippen molar-refractivity contribution < 1.29 is 24.2 Å². The molecule has 0 saturated carbocycles. The lowest BCUT2D eigenvalue weighted by Gasteiger charge is -2.28. The van der Waals surface area contributed by atoms with Crippen molar-refractivity contribution in [2.24, 2.45) is 0 Å². The number of hydrogen-bond acceptors (Lipinski definition) is 6. The summed E-state index contributed by atoms with van der Waals surface area (Å²) in [7, 11) is 0. The molecule has 1 amide bonds. The van der Waals surface area contributed by atoms with E-state index in [0.29, 0.717) is 43.4 Å². The lowest BCUT2D eigenvalue weighted by atomic mass is 9.94. The Kier molecular flexibility index (Phi) is 7.22. The van der Waals surface area contributed by atoms with Crippen molar-refractivity contribution in [3.05, 3.63) is 64.7 Å². The van der Waals surface area contributed by atoms with Crippen molar-refractivity contribution in [3.8, 4) is 11.5 Å². The van der Waals surface area contributed by atoms with Crippen LogP contribution < -0.4 is 9.47 Å². The number of rotatable bonds is 8. The maximum Gasteiger partial charge on any atom is 0.295 e. The predicted octanol–water partition coefficient (Wildman–Crippen LogP) is 3.78. The summed E-state index contributed by atoms with van der Waals surface area (Å²) >= 11 is 0. The van der Waals surface area contributed by atoms with Gasteiger partial charge in [-0.2, -0.15) is 0 Å². The number of benzene rings is 2. The normalized spacial score (nSPS) is 19.2. The van der Waals surface area contributed by atoms with Gasteiger partial charge in [0.15, 0.2) is 11.5 Å². The van der Waals surface area contributed by atoms with Crippen molar-refractivity contribution in [1.29, 1.82) is 0 Å². The van der Waals surface area contributed by atoms with E-state index in [1.54, 1.807) is 23.1 Å². The Bertz CT molecular complexity index is 1090. The summed E-state index contributed by atoms with van der Waals surface area (Å²) in [6.45, 7) is 9.84. The second-order valence-corrected chi connectivity index (χ2v) is 8.47. The minimum absolute atomic E-state index is 0.102. The van der Waals surface area contributed by atoms with Gasteiger partial charge in [-0.05, 0) is 48.8 Å². The van der Waals surface area contributed by atoms with Gasteiger partial charge in [0.1, 0.15) is 19.0 Å². The Morgan fingerprint density at radius 2 is 1.68 bits per heavy atom. The van der Waals surface area contributed by atoms with Gasteiger partial charge in [-0.3, -0.25) is 9.59 Å². The molecule has 0 aromatic heterocycles. The zero-order valence-electron chi connectivity index (χ0n) is 20.0. The molecule has 1 fully saturated rings. The van der Waals surface area contributed by atoms with Crippen LogP contribution in [0.15, 0.2) is 48.0 Å². The molecule has 2 aromatic carbocycles. The number of ether oxygens (including phenoxy) is 2. The van der Waals surface area contributed by atoms with E-state index in [-0.39, 0.29) is 11.3 Å². The number of carbonyl (C=O) groups excluding carboxylic acids is 2. The zero-order chi connectivity index (χ0) is 24.2. The van der Waals surface area contributed by atoms with Crippen LogP contribution in [0.25, 0.3) is 5.76 Å². The molecule has 7 nitrogen and oxygen atoms in total. The lowest BCUT2D eigenvalue weighted by Crippen LogP contribution is -2.38. The first kappa shape index (κ1) is 23.8. The topological polar surface area (TPSA) is 79.3 Å². The number of hydrogen-bond donors (Lipinski definition) is 1. The van der Waals surface area contributed by atoms with Crippen LogP contribution in [-0.4, -0.2) is 66.0 Å². The lowest BCUT2D eigenvalue weighted by molar-refractivity contribution is -0.140. The van der Waals surface area contributed by atoms with Crippen LogP contribution in [0.1, 0.15) is 43.5 Å². The Morgan fingerprint density at radius 1 is 1.00 bits per heavy atom. The molecule has 1 atom stereocenters. The van der Waals surface area contributed by atoms with E-state index in [9.17, 15) is 14.7 Å². The molecule has 0 spiro atoms. The summed E-state index contributed by atoms with van der Waals surface area (Å²) in [4.78, 5) is 30.2. The first-order chi connectivity index (χ1) is 16.5. The van der Waals surface area contributed by atoms with E-state index in [1.165, 1.54) is 0 Å². The predicted molar refractivity (Wildman–Crippen MR) is 130 cm³/mol. The summed E-state index contributed by atoms with van der Waals surface area (Å²) in [5.74, 6) is -0.360. The Hall–Kier alpha value is -3.32. The summed E-state index contributed by atoms with van der Waals surface area (Å²) in [5.41, 5.74) is 2.48. The fourth-order valence-corrected chi connectivity index (χ4v) is 4.53. The average molecular weight is 465 g/mol. The monoisotopic (exact) mass is 464 g/mol. The van der Waals surface area contributed by atoms with E-state index in [4.69, 9.17) is 9.47 Å². The van der Waals surface area contributed by atoms with Crippen molar-refractivity contribution in [2.75, 3.05) is 39.4 Å². The Labute approximate surface area is 200 Å². The minimum atomic E-state index is -0.670. The SMILES string of the molecule is CCc1ccc(C2C(=C(O)c3ccc4c(c3)OCCO4)C(=O)C(=O)N2CCN(CC)CC)cc1. The van der Waals surface area contributed by atoms with Crippen molar-refractivity contribution in [1.82, 2.24) is 9.80 Å². The number of aliphatic hydroxyl groups excluding tert-OH is 1. The van der Waals surface area contributed by atoms with Gasteiger partial charge in [0, 0.05) is 18.7 Å². The smallest absolute Gasteiger partial charge is 0.295 e. The number of Topliss-reactive ketones (excluding diaryl/α,β-unsaturated/α-hetero) is 1. The highest BCUT2D eigenvalue weighted by Gasteiger charge is 2.46. The number of aryl methyl sites for hydroxylation is 1. The fourth-order valence-electron chi connectivity index (χ4n) is 4.53. The third kappa shape index (κ3) is 4.53. The highest BCUT2D eigenvalue weighted by atomic mass is 16.6. The molecule has 2 heterocycles. The van der Waals surface area contributed by atoms with Gasteiger partial charge in [0.2, 0.25) is 0 Å². The molecule has 2 aliphatic heterocycles. The highest BCUT2D eigenvalue weighted by molar-refractivity contribution is 6.46. The van der Waals surface area contributed by atoms with Crippen molar-refractivity contribution in [3.63, 3.8) is 0 Å². The van der Waals surface area contributed by atoms with Crippen LogP contribution in [0, 0.1) is 0 Å². The highest BCUT2D eigenvalue weighted by Crippen LogP contribution is 2.41.